The monoisotopic (exact) mass is 349 g/mol. The fourth-order valence-corrected chi connectivity index (χ4v) is 4.28. The van der Waals surface area contributed by atoms with Gasteiger partial charge in [-0.05, 0) is 43.3 Å². The second-order valence-electron chi connectivity index (χ2n) is 6.25. The van der Waals surface area contributed by atoms with Crippen LogP contribution < -0.4 is 10.6 Å². The van der Waals surface area contributed by atoms with E-state index >= 15 is 0 Å². The van der Waals surface area contributed by atoms with Gasteiger partial charge in [0.05, 0.1) is 4.88 Å². The SMILES string of the molecule is Cl.O=C(Nc1ncc(-c2ccccc2)s1)C1CC12CCNCC2. The first-order valence-electron chi connectivity index (χ1n) is 7.80. The lowest BCUT2D eigenvalue weighted by Gasteiger charge is -2.22. The molecule has 1 aliphatic carbocycles. The number of piperidine rings is 1. The molecule has 1 spiro atoms. The van der Waals surface area contributed by atoms with E-state index in [0.29, 0.717) is 5.13 Å². The number of carbonyl (C=O) groups is 1. The number of anilines is 1. The van der Waals surface area contributed by atoms with Crippen LogP contribution in [0.1, 0.15) is 19.3 Å². The van der Waals surface area contributed by atoms with E-state index in [4.69, 9.17) is 0 Å². The van der Waals surface area contributed by atoms with Gasteiger partial charge in [-0.25, -0.2) is 4.98 Å². The lowest BCUT2D eigenvalue weighted by molar-refractivity contribution is -0.118. The summed E-state index contributed by atoms with van der Waals surface area (Å²) < 4.78 is 0. The molecule has 122 valence electrons. The number of nitrogens with one attached hydrogen (secondary N) is 2. The van der Waals surface area contributed by atoms with E-state index in [0.717, 1.165) is 42.8 Å². The first-order chi connectivity index (χ1) is 10.8. The van der Waals surface area contributed by atoms with Gasteiger partial charge in [0.15, 0.2) is 5.13 Å². The van der Waals surface area contributed by atoms with Gasteiger partial charge in [0.2, 0.25) is 5.91 Å². The zero-order chi connectivity index (χ0) is 15.0. The van der Waals surface area contributed by atoms with Gasteiger partial charge in [0, 0.05) is 12.1 Å². The van der Waals surface area contributed by atoms with Gasteiger partial charge in [-0.1, -0.05) is 41.7 Å². The molecule has 0 radical (unpaired) electrons. The summed E-state index contributed by atoms with van der Waals surface area (Å²) in [5.41, 5.74) is 1.41. The Hall–Kier alpha value is -1.43. The molecule has 1 aromatic heterocycles. The van der Waals surface area contributed by atoms with Gasteiger partial charge < -0.3 is 10.6 Å². The molecule has 1 amide bonds. The predicted molar refractivity (Wildman–Crippen MR) is 96.1 cm³/mol. The largest absolute Gasteiger partial charge is 0.317 e. The minimum Gasteiger partial charge on any atom is -0.317 e. The predicted octanol–water partition coefficient (Wildman–Crippen LogP) is 3.56. The van der Waals surface area contributed by atoms with Gasteiger partial charge in [-0.15, -0.1) is 12.4 Å². The Balaban J connectivity index is 0.00000156. The number of thiazole rings is 1. The Kier molecular flexibility index (Phi) is 4.71. The zero-order valence-corrected chi connectivity index (χ0v) is 14.4. The first-order valence-corrected chi connectivity index (χ1v) is 8.61. The quantitative estimate of drug-likeness (QED) is 0.890. The highest BCUT2D eigenvalue weighted by molar-refractivity contribution is 7.19. The molecule has 1 aliphatic heterocycles. The summed E-state index contributed by atoms with van der Waals surface area (Å²) in [6.45, 7) is 2.08. The van der Waals surface area contributed by atoms with Crippen molar-refractivity contribution in [2.75, 3.05) is 18.4 Å². The lowest BCUT2D eigenvalue weighted by atomic mass is 9.92. The van der Waals surface area contributed by atoms with E-state index in [2.05, 4.69) is 27.8 Å². The molecular formula is C17H20ClN3OS. The fraction of sp³-hybridized carbons (Fsp3) is 0.412. The highest BCUT2D eigenvalue weighted by atomic mass is 35.5. The smallest absolute Gasteiger partial charge is 0.229 e. The van der Waals surface area contributed by atoms with Crippen LogP contribution >= 0.6 is 23.7 Å². The molecule has 2 fully saturated rings. The maximum atomic E-state index is 12.4. The average molecular weight is 350 g/mol. The van der Waals surface area contributed by atoms with Gasteiger partial charge >= 0.3 is 0 Å². The molecule has 2 aromatic rings. The van der Waals surface area contributed by atoms with Gasteiger partial charge in [0.25, 0.3) is 0 Å². The van der Waals surface area contributed by atoms with Crippen molar-refractivity contribution in [3.8, 4) is 10.4 Å². The number of halogens is 1. The zero-order valence-electron chi connectivity index (χ0n) is 12.7. The maximum absolute atomic E-state index is 12.4. The van der Waals surface area contributed by atoms with Crippen LogP contribution in [-0.4, -0.2) is 24.0 Å². The van der Waals surface area contributed by atoms with E-state index in [-0.39, 0.29) is 29.6 Å². The van der Waals surface area contributed by atoms with Crippen LogP contribution in [0.25, 0.3) is 10.4 Å². The molecule has 0 bridgehead atoms. The van der Waals surface area contributed by atoms with Crippen LogP contribution in [0.15, 0.2) is 36.5 Å². The summed E-state index contributed by atoms with van der Waals surface area (Å²) in [6, 6.07) is 10.1. The molecule has 2 N–H and O–H groups in total. The normalized spacial score (nSPS) is 21.5. The van der Waals surface area contributed by atoms with Gasteiger partial charge in [0.1, 0.15) is 0 Å². The number of amides is 1. The molecule has 1 atom stereocenters. The Bertz CT molecular complexity index is 682. The van der Waals surface area contributed by atoms with Crippen molar-refractivity contribution in [1.82, 2.24) is 10.3 Å². The van der Waals surface area contributed by atoms with Gasteiger partial charge in [-0.3, -0.25) is 4.79 Å². The Morgan fingerprint density at radius 3 is 2.74 bits per heavy atom. The molecule has 23 heavy (non-hydrogen) atoms. The summed E-state index contributed by atoms with van der Waals surface area (Å²) in [6.07, 6.45) is 5.12. The van der Waals surface area contributed by atoms with Crippen molar-refractivity contribution in [2.45, 2.75) is 19.3 Å². The molecule has 4 rings (SSSR count). The van der Waals surface area contributed by atoms with Crippen molar-refractivity contribution in [2.24, 2.45) is 11.3 Å². The first kappa shape index (κ1) is 16.4. The summed E-state index contributed by atoms with van der Waals surface area (Å²) in [5, 5.41) is 7.09. The van der Waals surface area contributed by atoms with Crippen LogP contribution in [0.5, 0.6) is 0 Å². The molecule has 6 heteroatoms. The molecule has 1 unspecified atom stereocenters. The third-order valence-corrected chi connectivity index (χ3v) is 5.86. The summed E-state index contributed by atoms with van der Waals surface area (Å²) in [5.74, 6) is 0.328. The molecule has 1 saturated carbocycles. The van der Waals surface area contributed by atoms with Crippen LogP contribution in [0.2, 0.25) is 0 Å². The molecular weight excluding hydrogens is 330 g/mol. The summed E-state index contributed by atoms with van der Waals surface area (Å²) in [4.78, 5) is 17.9. The minimum absolute atomic E-state index is 0. The number of rotatable bonds is 3. The number of hydrogen-bond donors (Lipinski definition) is 2. The van der Waals surface area contributed by atoms with Crippen LogP contribution in [0.4, 0.5) is 5.13 Å². The summed E-state index contributed by atoms with van der Waals surface area (Å²) in [7, 11) is 0. The number of hydrogen-bond acceptors (Lipinski definition) is 4. The van der Waals surface area contributed by atoms with Gasteiger partial charge in [-0.2, -0.15) is 0 Å². The van der Waals surface area contributed by atoms with Crippen molar-refractivity contribution < 1.29 is 4.79 Å². The molecule has 1 saturated heterocycles. The van der Waals surface area contributed by atoms with E-state index in [1.165, 1.54) is 11.3 Å². The van der Waals surface area contributed by atoms with Crippen LogP contribution in [0.3, 0.4) is 0 Å². The number of nitrogens with zero attached hydrogens (tertiary/aromatic N) is 1. The van der Waals surface area contributed by atoms with E-state index in [9.17, 15) is 4.79 Å². The second-order valence-corrected chi connectivity index (χ2v) is 7.28. The summed E-state index contributed by atoms with van der Waals surface area (Å²) >= 11 is 1.54. The number of aromatic nitrogens is 1. The maximum Gasteiger partial charge on any atom is 0.229 e. The molecule has 2 aliphatic rings. The Labute approximate surface area is 146 Å². The topological polar surface area (TPSA) is 54.0 Å². The van der Waals surface area contributed by atoms with Crippen molar-refractivity contribution >= 4 is 34.8 Å². The highest BCUT2D eigenvalue weighted by Gasteiger charge is 2.57. The van der Waals surface area contributed by atoms with Crippen molar-refractivity contribution in [3.63, 3.8) is 0 Å². The van der Waals surface area contributed by atoms with Crippen LogP contribution in [-0.2, 0) is 4.79 Å². The second kappa shape index (κ2) is 6.59. The third kappa shape index (κ3) is 3.27. The van der Waals surface area contributed by atoms with E-state index < -0.39 is 0 Å². The number of benzene rings is 1. The lowest BCUT2D eigenvalue weighted by Crippen LogP contribution is -2.31. The molecule has 2 heterocycles. The van der Waals surface area contributed by atoms with E-state index in [1.54, 1.807) is 0 Å². The highest BCUT2D eigenvalue weighted by Crippen LogP contribution is 2.58. The Morgan fingerprint density at radius 1 is 1.26 bits per heavy atom. The third-order valence-electron chi connectivity index (χ3n) is 4.90. The minimum atomic E-state index is 0. The van der Waals surface area contributed by atoms with Crippen molar-refractivity contribution in [1.29, 1.82) is 0 Å². The fourth-order valence-electron chi connectivity index (χ4n) is 3.46. The molecule has 1 aromatic carbocycles. The number of carbonyl (C=O) groups excluding carboxylic acids is 1. The standard InChI is InChI=1S/C17H19N3OS.ClH/c21-15(13-10-17(13)6-8-18-9-7-17)20-16-19-11-14(22-16)12-4-2-1-3-5-12;/h1-5,11,13,18H,6-10H2,(H,19,20,21);1H. The van der Waals surface area contributed by atoms with E-state index in [1.807, 2.05) is 24.4 Å². The van der Waals surface area contributed by atoms with Crippen LogP contribution in [0, 0.1) is 11.3 Å². The van der Waals surface area contributed by atoms with Crippen molar-refractivity contribution in [3.05, 3.63) is 36.5 Å². The molecule has 4 nitrogen and oxygen atoms in total. The average Bonchev–Trinajstić information content (AvgIpc) is 3.04. The Morgan fingerprint density at radius 2 is 2.00 bits per heavy atom.